The Labute approximate surface area is 101 Å². The van der Waals surface area contributed by atoms with Crippen LogP contribution < -0.4 is 10.6 Å². The molecule has 1 saturated heterocycles. The van der Waals surface area contributed by atoms with Crippen molar-refractivity contribution >= 4 is 5.95 Å². The van der Waals surface area contributed by atoms with Crippen molar-refractivity contribution in [3.05, 3.63) is 5.89 Å². The molecular formula is C11H20N4O2. The first kappa shape index (κ1) is 12.3. The van der Waals surface area contributed by atoms with E-state index in [9.17, 15) is 5.11 Å². The van der Waals surface area contributed by atoms with Gasteiger partial charge in [0.1, 0.15) is 0 Å². The lowest BCUT2D eigenvalue weighted by Crippen LogP contribution is -2.50. The third kappa shape index (κ3) is 3.17. The molecule has 0 aromatic carbocycles. The zero-order chi connectivity index (χ0) is 12.3. The molecule has 2 heterocycles. The van der Waals surface area contributed by atoms with Crippen molar-refractivity contribution in [3.63, 3.8) is 0 Å². The van der Waals surface area contributed by atoms with E-state index in [-0.39, 0.29) is 5.92 Å². The molecule has 2 rings (SSSR count). The monoisotopic (exact) mass is 240 g/mol. The number of hydrogen-bond acceptors (Lipinski definition) is 6. The molecule has 1 atom stereocenters. The minimum Gasteiger partial charge on any atom is -0.387 e. The van der Waals surface area contributed by atoms with Gasteiger partial charge in [-0.1, -0.05) is 13.8 Å². The Morgan fingerprint density at radius 2 is 2.41 bits per heavy atom. The molecule has 0 spiro atoms. The number of nitrogens with zero attached hydrogens (tertiary/aromatic N) is 2. The van der Waals surface area contributed by atoms with Crippen LogP contribution in [0.5, 0.6) is 0 Å². The van der Waals surface area contributed by atoms with Crippen LogP contribution in [0.1, 0.15) is 38.5 Å². The Morgan fingerprint density at radius 3 is 3.00 bits per heavy atom. The lowest BCUT2D eigenvalue weighted by Gasteiger charge is -2.32. The van der Waals surface area contributed by atoms with Crippen LogP contribution in [0.25, 0.3) is 0 Å². The molecule has 6 heteroatoms. The van der Waals surface area contributed by atoms with Crippen LogP contribution in [0.2, 0.25) is 0 Å². The second-order valence-electron chi connectivity index (χ2n) is 4.97. The van der Waals surface area contributed by atoms with Gasteiger partial charge in [-0.3, -0.25) is 0 Å². The third-order valence-electron chi connectivity index (χ3n) is 2.96. The molecule has 0 saturated carbocycles. The van der Waals surface area contributed by atoms with Gasteiger partial charge in [-0.05, 0) is 24.5 Å². The van der Waals surface area contributed by atoms with Crippen LogP contribution in [0.4, 0.5) is 5.95 Å². The lowest BCUT2D eigenvalue weighted by molar-refractivity contribution is 0.0290. The van der Waals surface area contributed by atoms with Gasteiger partial charge in [0.25, 0.3) is 5.95 Å². The summed E-state index contributed by atoms with van der Waals surface area (Å²) >= 11 is 0. The number of piperidine rings is 1. The Hall–Kier alpha value is -1.14. The number of nitrogens with one attached hydrogen (secondary N) is 2. The normalized spacial score (nSPS) is 25.2. The van der Waals surface area contributed by atoms with Gasteiger partial charge in [0.2, 0.25) is 5.89 Å². The summed E-state index contributed by atoms with van der Waals surface area (Å²) in [7, 11) is 0. The number of aromatic nitrogens is 2. The maximum atomic E-state index is 10.2. The van der Waals surface area contributed by atoms with Crippen LogP contribution in [0.3, 0.4) is 0 Å². The maximum Gasteiger partial charge on any atom is 0.263 e. The fraction of sp³-hybridized carbons (Fsp3) is 0.818. The van der Waals surface area contributed by atoms with E-state index in [0.29, 0.717) is 24.9 Å². The first-order valence-electron chi connectivity index (χ1n) is 6.10. The number of β-amino-alcohol motifs (C(OH)–C–C–N with tert-alkyl or cyclic N) is 1. The Morgan fingerprint density at radius 1 is 1.59 bits per heavy atom. The predicted octanol–water partition coefficient (Wildman–Crippen LogP) is 0.719. The van der Waals surface area contributed by atoms with Gasteiger partial charge in [0.05, 0.1) is 5.60 Å². The number of aliphatic hydroxyl groups is 1. The van der Waals surface area contributed by atoms with E-state index in [1.165, 1.54) is 0 Å². The van der Waals surface area contributed by atoms with Crippen LogP contribution >= 0.6 is 0 Å². The molecule has 0 aliphatic carbocycles. The van der Waals surface area contributed by atoms with Gasteiger partial charge < -0.3 is 20.3 Å². The van der Waals surface area contributed by atoms with Crippen LogP contribution in [-0.2, 0) is 0 Å². The van der Waals surface area contributed by atoms with Crippen molar-refractivity contribution in [3.8, 4) is 0 Å². The van der Waals surface area contributed by atoms with Crippen LogP contribution in [-0.4, -0.2) is 40.5 Å². The molecule has 17 heavy (non-hydrogen) atoms. The fourth-order valence-corrected chi connectivity index (χ4v) is 1.89. The first-order chi connectivity index (χ1) is 8.09. The van der Waals surface area contributed by atoms with Gasteiger partial charge in [-0.2, -0.15) is 4.98 Å². The van der Waals surface area contributed by atoms with Gasteiger partial charge >= 0.3 is 0 Å². The van der Waals surface area contributed by atoms with Crippen LogP contribution in [0, 0.1) is 0 Å². The van der Waals surface area contributed by atoms with Gasteiger partial charge in [-0.15, -0.1) is 0 Å². The summed E-state index contributed by atoms with van der Waals surface area (Å²) in [5.41, 5.74) is -0.711. The summed E-state index contributed by atoms with van der Waals surface area (Å²) in [6.45, 7) is 6.01. The molecular weight excluding hydrogens is 220 g/mol. The molecule has 1 aromatic heterocycles. The molecule has 3 N–H and O–H groups in total. The van der Waals surface area contributed by atoms with Crippen molar-refractivity contribution in [2.24, 2.45) is 0 Å². The average molecular weight is 240 g/mol. The minimum absolute atomic E-state index is 0.220. The zero-order valence-electron chi connectivity index (χ0n) is 10.4. The second kappa shape index (κ2) is 5.01. The molecule has 1 aromatic rings. The molecule has 0 amide bonds. The van der Waals surface area contributed by atoms with E-state index in [1.54, 1.807) is 0 Å². The molecule has 0 bridgehead atoms. The van der Waals surface area contributed by atoms with Crippen molar-refractivity contribution < 1.29 is 9.63 Å². The van der Waals surface area contributed by atoms with E-state index in [2.05, 4.69) is 20.8 Å². The van der Waals surface area contributed by atoms with Crippen LogP contribution in [0.15, 0.2) is 4.52 Å². The molecule has 1 aliphatic heterocycles. The van der Waals surface area contributed by atoms with Gasteiger partial charge in [0.15, 0.2) is 0 Å². The van der Waals surface area contributed by atoms with E-state index >= 15 is 0 Å². The third-order valence-corrected chi connectivity index (χ3v) is 2.96. The predicted molar refractivity (Wildman–Crippen MR) is 63.9 cm³/mol. The summed E-state index contributed by atoms with van der Waals surface area (Å²) in [6, 6.07) is 0. The highest BCUT2D eigenvalue weighted by atomic mass is 16.5. The number of rotatable bonds is 4. The fourth-order valence-electron chi connectivity index (χ4n) is 1.89. The summed E-state index contributed by atoms with van der Waals surface area (Å²) in [4.78, 5) is 4.20. The molecule has 6 nitrogen and oxygen atoms in total. The molecule has 1 fully saturated rings. The number of hydrogen-bond donors (Lipinski definition) is 3. The van der Waals surface area contributed by atoms with E-state index in [1.807, 2.05) is 13.8 Å². The Bertz CT molecular complexity index is 358. The molecule has 96 valence electrons. The first-order valence-corrected chi connectivity index (χ1v) is 6.10. The highest BCUT2D eigenvalue weighted by molar-refractivity contribution is 5.23. The molecule has 1 unspecified atom stereocenters. The van der Waals surface area contributed by atoms with E-state index in [0.717, 1.165) is 19.4 Å². The standard InChI is InChI=1S/C11H20N4O2/c1-8(2)9-14-10(15-17-9)13-7-11(16)4-3-5-12-6-11/h8,12,16H,3-7H2,1-2H3,(H,13,15). The number of anilines is 1. The summed E-state index contributed by atoms with van der Waals surface area (Å²) in [5.74, 6) is 1.28. The second-order valence-corrected chi connectivity index (χ2v) is 4.97. The van der Waals surface area contributed by atoms with E-state index in [4.69, 9.17) is 4.52 Å². The lowest BCUT2D eigenvalue weighted by atomic mass is 9.94. The molecule has 0 radical (unpaired) electrons. The summed E-state index contributed by atoms with van der Waals surface area (Å²) < 4.78 is 5.08. The quantitative estimate of drug-likeness (QED) is 0.719. The van der Waals surface area contributed by atoms with Crippen molar-refractivity contribution in [1.82, 2.24) is 15.5 Å². The summed E-state index contributed by atoms with van der Waals surface area (Å²) in [6.07, 6.45) is 1.78. The van der Waals surface area contributed by atoms with Gasteiger partial charge in [0, 0.05) is 19.0 Å². The highest BCUT2D eigenvalue weighted by Crippen LogP contribution is 2.17. The van der Waals surface area contributed by atoms with Crippen molar-refractivity contribution in [2.45, 2.75) is 38.2 Å². The molecule has 1 aliphatic rings. The zero-order valence-corrected chi connectivity index (χ0v) is 10.4. The SMILES string of the molecule is CC(C)c1nc(NCC2(O)CCCNC2)no1. The Balaban J connectivity index is 1.88. The Kier molecular flexibility index (Phi) is 3.63. The van der Waals surface area contributed by atoms with Crippen molar-refractivity contribution in [2.75, 3.05) is 25.0 Å². The smallest absolute Gasteiger partial charge is 0.263 e. The van der Waals surface area contributed by atoms with Crippen molar-refractivity contribution in [1.29, 1.82) is 0 Å². The summed E-state index contributed by atoms with van der Waals surface area (Å²) in [5, 5.41) is 20.3. The van der Waals surface area contributed by atoms with Gasteiger partial charge in [-0.25, -0.2) is 0 Å². The van der Waals surface area contributed by atoms with E-state index < -0.39 is 5.60 Å². The minimum atomic E-state index is -0.711. The average Bonchev–Trinajstić information content (AvgIpc) is 2.76. The highest BCUT2D eigenvalue weighted by Gasteiger charge is 2.29. The topological polar surface area (TPSA) is 83.2 Å². The maximum absolute atomic E-state index is 10.2. The largest absolute Gasteiger partial charge is 0.387 e.